The lowest BCUT2D eigenvalue weighted by Crippen LogP contribution is -2.30. The van der Waals surface area contributed by atoms with Crippen LogP contribution in [0, 0.1) is 6.92 Å². The van der Waals surface area contributed by atoms with E-state index in [4.69, 9.17) is 9.47 Å². The molecule has 0 saturated carbocycles. The van der Waals surface area contributed by atoms with Crippen LogP contribution >= 0.6 is 0 Å². The average Bonchev–Trinajstić information content (AvgIpc) is 2.69. The van der Waals surface area contributed by atoms with Crippen LogP contribution in [0.2, 0.25) is 0 Å². The lowest BCUT2D eigenvalue weighted by atomic mass is 10.1. The van der Waals surface area contributed by atoms with Gasteiger partial charge in [-0.2, -0.15) is 0 Å². The van der Waals surface area contributed by atoms with Gasteiger partial charge in [-0.3, -0.25) is 4.99 Å². The molecule has 0 saturated heterocycles. The lowest BCUT2D eigenvalue weighted by Gasteiger charge is -2.17. The first-order valence-electron chi connectivity index (χ1n) is 9.50. The third-order valence-electron chi connectivity index (χ3n) is 4.37. The minimum atomic E-state index is 0.631. The molecule has 0 amide bonds. The molecule has 0 aliphatic heterocycles. The minimum absolute atomic E-state index is 0.631. The second kappa shape index (κ2) is 11.2. The monoisotopic (exact) mass is 384 g/mol. The van der Waals surface area contributed by atoms with Gasteiger partial charge in [0.1, 0.15) is 5.75 Å². The molecule has 2 aromatic rings. The molecule has 0 spiro atoms. The van der Waals surface area contributed by atoms with Gasteiger partial charge in [-0.1, -0.05) is 12.1 Å². The predicted molar refractivity (Wildman–Crippen MR) is 118 cm³/mol. The van der Waals surface area contributed by atoms with Crippen LogP contribution in [0.15, 0.2) is 47.5 Å². The van der Waals surface area contributed by atoms with E-state index in [0.29, 0.717) is 25.7 Å². The Balaban J connectivity index is 1.92. The van der Waals surface area contributed by atoms with E-state index in [0.717, 1.165) is 17.9 Å². The van der Waals surface area contributed by atoms with Crippen molar-refractivity contribution < 1.29 is 9.47 Å². The molecule has 0 radical (unpaired) electrons. The summed E-state index contributed by atoms with van der Waals surface area (Å²) in [6.07, 6.45) is 0.864. The van der Waals surface area contributed by atoms with E-state index < -0.39 is 0 Å². The van der Waals surface area contributed by atoms with Crippen molar-refractivity contribution in [2.75, 3.05) is 51.7 Å². The molecule has 2 rings (SSSR count). The second-order valence-corrected chi connectivity index (χ2v) is 6.78. The number of rotatable bonds is 9. The van der Waals surface area contributed by atoms with Gasteiger partial charge < -0.3 is 25.0 Å². The van der Waals surface area contributed by atoms with Crippen LogP contribution < -0.4 is 20.3 Å². The Morgan fingerprint density at radius 2 is 1.93 bits per heavy atom. The van der Waals surface area contributed by atoms with Gasteiger partial charge >= 0.3 is 0 Å². The van der Waals surface area contributed by atoms with Crippen molar-refractivity contribution in [2.45, 2.75) is 19.9 Å². The van der Waals surface area contributed by atoms with E-state index in [9.17, 15) is 0 Å². The van der Waals surface area contributed by atoms with E-state index in [-0.39, 0.29) is 0 Å². The summed E-state index contributed by atoms with van der Waals surface area (Å²) >= 11 is 0. The smallest absolute Gasteiger partial charge is 0.195 e. The quantitative estimate of drug-likeness (QED) is 0.392. The number of anilines is 2. The Kier molecular flexibility index (Phi) is 8.62. The van der Waals surface area contributed by atoms with Crippen LogP contribution in [0.25, 0.3) is 0 Å². The molecular weight excluding hydrogens is 352 g/mol. The highest BCUT2D eigenvalue weighted by molar-refractivity contribution is 5.93. The predicted octanol–water partition coefficient (Wildman–Crippen LogP) is 3.66. The van der Waals surface area contributed by atoms with Gasteiger partial charge in [0.05, 0.1) is 6.61 Å². The third-order valence-corrected chi connectivity index (χ3v) is 4.37. The Hall–Kier alpha value is -2.73. The Labute approximate surface area is 168 Å². The molecule has 0 heterocycles. The topological polar surface area (TPSA) is 58.1 Å². The van der Waals surface area contributed by atoms with Gasteiger partial charge in [-0.15, -0.1) is 0 Å². The summed E-state index contributed by atoms with van der Waals surface area (Å²) in [6.45, 7) is 4.16. The lowest BCUT2D eigenvalue weighted by molar-refractivity contribution is 0.172. The van der Waals surface area contributed by atoms with Crippen LogP contribution in [0.1, 0.15) is 17.5 Å². The molecule has 0 aliphatic rings. The standard InChI is InChI=1S/C22H32N4O2/c1-17-14-20(26(3)4)11-10-18(17)16-24-22(23-2)25-19-8-6-9-21(15-19)28-13-7-12-27-5/h6,8-11,14-15H,7,12-13,16H2,1-5H3,(H2,23,24,25). The number of guanidine groups is 1. The van der Waals surface area contributed by atoms with Crippen LogP contribution in [0.4, 0.5) is 11.4 Å². The first-order chi connectivity index (χ1) is 13.5. The van der Waals surface area contributed by atoms with E-state index >= 15 is 0 Å². The average molecular weight is 385 g/mol. The van der Waals surface area contributed by atoms with Crippen LogP contribution in [0.5, 0.6) is 5.75 Å². The van der Waals surface area contributed by atoms with Crippen molar-refractivity contribution in [3.8, 4) is 5.75 Å². The molecule has 2 N–H and O–H groups in total. The van der Waals surface area contributed by atoms with Gasteiger partial charge in [0.2, 0.25) is 0 Å². The molecule has 0 aliphatic carbocycles. The van der Waals surface area contributed by atoms with E-state index in [1.807, 2.05) is 38.4 Å². The summed E-state index contributed by atoms with van der Waals surface area (Å²) in [6, 6.07) is 14.3. The minimum Gasteiger partial charge on any atom is -0.493 e. The number of hydrogen-bond donors (Lipinski definition) is 2. The van der Waals surface area contributed by atoms with Gasteiger partial charge in [0.25, 0.3) is 0 Å². The molecule has 6 heteroatoms. The highest BCUT2D eigenvalue weighted by atomic mass is 16.5. The molecule has 0 bridgehead atoms. The Bertz CT molecular complexity index is 775. The Morgan fingerprint density at radius 3 is 2.61 bits per heavy atom. The van der Waals surface area contributed by atoms with Gasteiger partial charge in [-0.05, 0) is 42.3 Å². The Morgan fingerprint density at radius 1 is 1.11 bits per heavy atom. The molecule has 28 heavy (non-hydrogen) atoms. The maximum absolute atomic E-state index is 5.76. The molecule has 2 aromatic carbocycles. The molecule has 0 atom stereocenters. The number of nitrogens with zero attached hydrogens (tertiary/aromatic N) is 2. The molecule has 0 fully saturated rings. The molecule has 152 valence electrons. The van der Waals surface area contributed by atoms with Crippen molar-refractivity contribution in [1.82, 2.24) is 5.32 Å². The fraction of sp³-hybridized carbons (Fsp3) is 0.409. The normalized spacial score (nSPS) is 11.2. The van der Waals surface area contributed by atoms with Gasteiger partial charge in [0.15, 0.2) is 5.96 Å². The number of aryl methyl sites for hydroxylation is 1. The van der Waals surface area contributed by atoms with Crippen LogP contribution in [-0.2, 0) is 11.3 Å². The van der Waals surface area contributed by atoms with E-state index in [2.05, 4.69) is 45.6 Å². The fourth-order valence-corrected chi connectivity index (χ4v) is 2.71. The maximum atomic E-state index is 5.76. The number of ether oxygens (including phenoxy) is 2. The largest absolute Gasteiger partial charge is 0.493 e. The van der Waals surface area contributed by atoms with Gasteiger partial charge in [0, 0.05) is 65.3 Å². The van der Waals surface area contributed by atoms with Crippen molar-refractivity contribution >= 4 is 17.3 Å². The zero-order valence-electron chi connectivity index (χ0n) is 17.6. The van der Waals surface area contributed by atoms with Crippen molar-refractivity contribution in [1.29, 1.82) is 0 Å². The third kappa shape index (κ3) is 6.78. The van der Waals surface area contributed by atoms with Crippen molar-refractivity contribution in [2.24, 2.45) is 4.99 Å². The molecule has 0 unspecified atom stereocenters. The highest BCUT2D eigenvalue weighted by Gasteiger charge is 2.05. The molecule has 0 aromatic heterocycles. The van der Waals surface area contributed by atoms with Crippen molar-refractivity contribution in [3.63, 3.8) is 0 Å². The number of hydrogen-bond acceptors (Lipinski definition) is 4. The first-order valence-corrected chi connectivity index (χ1v) is 9.50. The number of aliphatic imine (C=N–C) groups is 1. The summed E-state index contributed by atoms with van der Waals surface area (Å²) in [5, 5.41) is 6.69. The first kappa shape index (κ1) is 21.6. The number of benzene rings is 2. The SMILES string of the molecule is CN=C(NCc1ccc(N(C)C)cc1C)Nc1cccc(OCCCOC)c1. The van der Waals surface area contributed by atoms with Crippen molar-refractivity contribution in [3.05, 3.63) is 53.6 Å². The van der Waals surface area contributed by atoms with E-state index in [1.165, 1.54) is 16.8 Å². The van der Waals surface area contributed by atoms with Crippen LogP contribution in [-0.4, -0.2) is 47.4 Å². The summed E-state index contributed by atoms with van der Waals surface area (Å²) < 4.78 is 10.8. The summed E-state index contributed by atoms with van der Waals surface area (Å²) in [4.78, 5) is 6.43. The van der Waals surface area contributed by atoms with Crippen LogP contribution in [0.3, 0.4) is 0 Å². The summed E-state index contributed by atoms with van der Waals surface area (Å²) in [5.74, 6) is 1.54. The second-order valence-electron chi connectivity index (χ2n) is 6.78. The molecule has 6 nitrogen and oxygen atoms in total. The fourth-order valence-electron chi connectivity index (χ4n) is 2.71. The zero-order valence-corrected chi connectivity index (χ0v) is 17.6. The maximum Gasteiger partial charge on any atom is 0.195 e. The number of methoxy groups -OCH3 is 1. The van der Waals surface area contributed by atoms with Gasteiger partial charge in [-0.25, -0.2) is 0 Å². The zero-order chi connectivity index (χ0) is 20.4. The highest BCUT2D eigenvalue weighted by Crippen LogP contribution is 2.19. The molecular formula is C22H32N4O2. The summed E-state index contributed by atoms with van der Waals surface area (Å²) in [5.41, 5.74) is 4.62. The van der Waals surface area contributed by atoms with E-state index in [1.54, 1.807) is 14.2 Å². The number of nitrogens with one attached hydrogen (secondary N) is 2. The summed E-state index contributed by atoms with van der Waals surface area (Å²) in [7, 11) is 7.56.